The number of ether oxygens (including phenoxy) is 1. The van der Waals surface area contributed by atoms with Crippen molar-refractivity contribution in [3.8, 4) is 0 Å². The zero-order valence-electron chi connectivity index (χ0n) is 16.8. The molecule has 0 unspecified atom stereocenters. The predicted octanol–water partition coefficient (Wildman–Crippen LogP) is 0.727. The molecule has 156 valence electrons. The topological polar surface area (TPSA) is 124 Å². The molecule has 1 aliphatic heterocycles. The van der Waals surface area contributed by atoms with Gasteiger partial charge < -0.3 is 15.4 Å². The molecular weight excluding hydrogens is 370 g/mol. The summed E-state index contributed by atoms with van der Waals surface area (Å²) in [6, 6.07) is 12.3. The highest BCUT2D eigenvalue weighted by molar-refractivity contribution is 5.77. The maximum atomic E-state index is 11.3. The average Bonchev–Trinajstić information content (AvgIpc) is 2.74. The molecule has 29 heavy (non-hydrogen) atoms. The normalized spacial score (nSPS) is 13.2. The van der Waals surface area contributed by atoms with Gasteiger partial charge in [-0.15, -0.1) is 0 Å². The first kappa shape index (κ1) is 22.3. The lowest BCUT2D eigenvalue weighted by Gasteiger charge is -2.27. The van der Waals surface area contributed by atoms with E-state index in [0.29, 0.717) is 6.42 Å². The Balaban J connectivity index is 0.000000687. The zero-order chi connectivity index (χ0) is 21.1. The number of hydrogen-bond donors (Lipinski definition) is 3. The number of rotatable bonds is 6. The van der Waals surface area contributed by atoms with Crippen molar-refractivity contribution in [2.75, 3.05) is 31.2 Å². The second-order valence-corrected chi connectivity index (χ2v) is 6.80. The summed E-state index contributed by atoms with van der Waals surface area (Å²) in [6.07, 6.45) is 4.16. The standard InChI is InChI=1S/C19H24N4O2.C2H5NO/c20-22-19(24)13-16-4-1-15(2-5-16)3-6-17-7-8-18(21-14-17)23-9-11-25-12-10-23;1-2(3)4/h1-2,4-5,7-8,14H,3,6,9-13,20H2,(H,22,24);1H3,(H2,3,4). The van der Waals surface area contributed by atoms with Crippen molar-refractivity contribution in [1.29, 1.82) is 0 Å². The minimum atomic E-state index is -0.333. The summed E-state index contributed by atoms with van der Waals surface area (Å²) in [7, 11) is 0. The molecule has 2 amide bonds. The number of hydrazine groups is 1. The first-order valence-corrected chi connectivity index (χ1v) is 9.59. The Morgan fingerprint density at radius 1 is 1.03 bits per heavy atom. The number of nitrogens with two attached hydrogens (primary N) is 2. The third-order valence-corrected chi connectivity index (χ3v) is 4.40. The molecule has 0 aliphatic carbocycles. The summed E-state index contributed by atoms with van der Waals surface area (Å²) in [5.41, 5.74) is 10.1. The van der Waals surface area contributed by atoms with E-state index in [0.717, 1.165) is 50.5 Å². The van der Waals surface area contributed by atoms with Gasteiger partial charge in [0.05, 0.1) is 19.6 Å². The number of carbonyl (C=O) groups excluding carboxylic acids is 2. The maximum Gasteiger partial charge on any atom is 0.238 e. The minimum Gasteiger partial charge on any atom is -0.378 e. The molecule has 1 saturated heterocycles. The van der Waals surface area contributed by atoms with Crippen LogP contribution in [0, 0.1) is 0 Å². The Labute approximate surface area is 171 Å². The van der Waals surface area contributed by atoms with Crippen molar-refractivity contribution in [3.05, 3.63) is 59.3 Å². The van der Waals surface area contributed by atoms with Crippen LogP contribution in [-0.4, -0.2) is 43.1 Å². The van der Waals surface area contributed by atoms with E-state index >= 15 is 0 Å². The number of pyridine rings is 1. The molecule has 0 bridgehead atoms. The summed E-state index contributed by atoms with van der Waals surface area (Å²) in [5.74, 6) is 5.61. The van der Waals surface area contributed by atoms with Crippen molar-refractivity contribution < 1.29 is 14.3 Å². The molecule has 8 nitrogen and oxygen atoms in total. The van der Waals surface area contributed by atoms with Crippen molar-refractivity contribution >= 4 is 17.6 Å². The molecule has 0 saturated carbocycles. The van der Waals surface area contributed by atoms with Gasteiger partial charge >= 0.3 is 0 Å². The molecule has 0 radical (unpaired) electrons. The fourth-order valence-corrected chi connectivity index (χ4v) is 2.89. The van der Waals surface area contributed by atoms with E-state index in [1.165, 1.54) is 18.1 Å². The third-order valence-electron chi connectivity index (χ3n) is 4.40. The molecule has 2 heterocycles. The lowest BCUT2D eigenvalue weighted by Crippen LogP contribution is -2.36. The second-order valence-electron chi connectivity index (χ2n) is 6.80. The number of hydrogen-bond acceptors (Lipinski definition) is 6. The third kappa shape index (κ3) is 8.28. The molecule has 2 aromatic rings. The molecular formula is C21H29N5O3. The number of carbonyl (C=O) groups is 2. The highest BCUT2D eigenvalue weighted by atomic mass is 16.5. The fraction of sp³-hybridized carbons (Fsp3) is 0.381. The van der Waals surface area contributed by atoms with E-state index in [1.807, 2.05) is 18.3 Å². The molecule has 8 heteroatoms. The molecule has 1 fully saturated rings. The lowest BCUT2D eigenvalue weighted by atomic mass is 10.0. The lowest BCUT2D eigenvalue weighted by molar-refractivity contribution is -0.120. The minimum absolute atomic E-state index is 0.181. The van der Waals surface area contributed by atoms with Crippen LogP contribution < -0.4 is 21.9 Å². The van der Waals surface area contributed by atoms with Gasteiger partial charge in [0, 0.05) is 26.2 Å². The van der Waals surface area contributed by atoms with Gasteiger partial charge in [0.15, 0.2) is 0 Å². The van der Waals surface area contributed by atoms with E-state index in [9.17, 15) is 9.59 Å². The van der Waals surface area contributed by atoms with E-state index in [4.69, 9.17) is 10.6 Å². The Bertz CT molecular complexity index is 768. The van der Waals surface area contributed by atoms with Crippen LogP contribution in [0.5, 0.6) is 0 Å². The molecule has 1 aromatic carbocycles. The summed E-state index contributed by atoms with van der Waals surface area (Å²) in [6.45, 7) is 4.65. The van der Waals surface area contributed by atoms with Gasteiger partial charge in [-0.25, -0.2) is 10.8 Å². The quantitative estimate of drug-likeness (QED) is 0.374. The van der Waals surface area contributed by atoms with Crippen LogP contribution in [0.3, 0.4) is 0 Å². The summed E-state index contributed by atoms with van der Waals surface area (Å²) in [4.78, 5) is 27.3. The van der Waals surface area contributed by atoms with Gasteiger partial charge in [0.25, 0.3) is 0 Å². The monoisotopic (exact) mass is 399 g/mol. The Hall–Kier alpha value is -2.97. The SMILES string of the molecule is CC(N)=O.NNC(=O)Cc1ccc(CCc2ccc(N3CCOCC3)nc2)cc1. The summed E-state index contributed by atoms with van der Waals surface area (Å²) in [5, 5.41) is 0. The van der Waals surface area contributed by atoms with Crippen molar-refractivity contribution in [3.63, 3.8) is 0 Å². The van der Waals surface area contributed by atoms with Crippen molar-refractivity contribution in [2.45, 2.75) is 26.2 Å². The second kappa shape index (κ2) is 11.8. The maximum absolute atomic E-state index is 11.3. The number of aromatic nitrogens is 1. The van der Waals surface area contributed by atoms with Crippen LogP contribution >= 0.6 is 0 Å². The summed E-state index contributed by atoms with van der Waals surface area (Å²) >= 11 is 0. The molecule has 0 spiro atoms. The highest BCUT2D eigenvalue weighted by Crippen LogP contribution is 2.15. The molecule has 1 aliphatic rings. The smallest absolute Gasteiger partial charge is 0.238 e. The van der Waals surface area contributed by atoms with Crippen LogP contribution in [0.2, 0.25) is 0 Å². The number of benzene rings is 1. The van der Waals surface area contributed by atoms with Gasteiger partial charge in [-0.05, 0) is 35.6 Å². The van der Waals surface area contributed by atoms with Gasteiger partial charge in [-0.1, -0.05) is 30.3 Å². The van der Waals surface area contributed by atoms with Crippen molar-refractivity contribution in [2.24, 2.45) is 11.6 Å². The highest BCUT2D eigenvalue weighted by Gasteiger charge is 2.11. The van der Waals surface area contributed by atoms with Gasteiger partial charge in [0.2, 0.25) is 11.8 Å². The fourth-order valence-electron chi connectivity index (χ4n) is 2.89. The Morgan fingerprint density at radius 3 is 2.14 bits per heavy atom. The van der Waals surface area contributed by atoms with Gasteiger partial charge in [-0.2, -0.15) is 0 Å². The molecule has 5 N–H and O–H groups in total. The van der Waals surface area contributed by atoms with E-state index < -0.39 is 0 Å². The number of aryl methyl sites for hydroxylation is 2. The predicted molar refractivity (Wildman–Crippen MR) is 112 cm³/mol. The van der Waals surface area contributed by atoms with Crippen LogP contribution in [0.4, 0.5) is 5.82 Å². The first-order chi connectivity index (χ1) is 14.0. The number of amides is 2. The number of anilines is 1. The van der Waals surface area contributed by atoms with Crippen LogP contribution in [0.1, 0.15) is 23.6 Å². The number of nitrogens with zero attached hydrogens (tertiary/aromatic N) is 2. The van der Waals surface area contributed by atoms with E-state index in [1.54, 1.807) is 0 Å². The Morgan fingerprint density at radius 2 is 1.59 bits per heavy atom. The largest absolute Gasteiger partial charge is 0.378 e. The number of primary amides is 1. The molecule has 0 atom stereocenters. The zero-order valence-corrected chi connectivity index (χ0v) is 16.8. The molecule has 1 aromatic heterocycles. The van der Waals surface area contributed by atoms with E-state index in [-0.39, 0.29) is 11.8 Å². The first-order valence-electron chi connectivity index (χ1n) is 9.59. The van der Waals surface area contributed by atoms with Crippen molar-refractivity contribution in [1.82, 2.24) is 10.4 Å². The summed E-state index contributed by atoms with van der Waals surface area (Å²) < 4.78 is 5.37. The van der Waals surface area contributed by atoms with Crippen LogP contribution in [0.25, 0.3) is 0 Å². The van der Waals surface area contributed by atoms with Crippen LogP contribution in [-0.2, 0) is 33.6 Å². The number of morpholine rings is 1. The average molecular weight is 399 g/mol. The van der Waals surface area contributed by atoms with Crippen LogP contribution in [0.15, 0.2) is 42.6 Å². The van der Waals surface area contributed by atoms with Gasteiger partial charge in [-0.3, -0.25) is 15.0 Å². The van der Waals surface area contributed by atoms with Gasteiger partial charge in [0.1, 0.15) is 5.82 Å². The Kier molecular flexibility index (Phi) is 9.07. The number of nitrogens with one attached hydrogen (secondary N) is 1. The molecule has 3 rings (SSSR count). The van der Waals surface area contributed by atoms with E-state index in [2.05, 4.69) is 45.3 Å².